The van der Waals surface area contributed by atoms with E-state index in [1.165, 1.54) is 12.1 Å². The van der Waals surface area contributed by atoms with Crippen LogP contribution in [0.1, 0.15) is 31.2 Å². The second kappa shape index (κ2) is 5.46. The number of halogens is 2. The number of benzene rings is 1. The van der Waals surface area contributed by atoms with Gasteiger partial charge in [-0.05, 0) is 30.5 Å². The van der Waals surface area contributed by atoms with E-state index in [2.05, 4.69) is 21.2 Å². The molecule has 0 heterocycles. The van der Waals surface area contributed by atoms with Crippen LogP contribution in [0.2, 0.25) is 0 Å². The van der Waals surface area contributed by atoms with Crippen molar-refractivity contribution in [2.45, 2.75) is 37.8 Å². The molecule has 0 bridgehead atoms. The summed E-state index contributed by atoms with van der Waals surface area (Å²) in [6.07, 6.45) is 4.36. The molecule has 0 saturated heterocycles. The molecule has 1 fully saturated rings. The van der Waals surface area contributed by atoms with E-state index in [4.69, 9.17) is 0 Å². The van der Waals surface area contributed by atoms with Crippen molar-refractivity contribution in [3.05, 3.63) is 34.1 Å². The Balaban J connectivity index is 2.01. The highest BCUT2D eigenvalue weighted by atomic mass is 79.9. The summed E-state index contributed by atoms with van der Waals surface area (Å²) < 4.78 is 13.7. The minimum atomic E-state index is -0.238. The standard InChI is InChI=1S/C13H17BrFNO/c14-12-7-11(15)4-3-10(12)8-16-13(9-17)5-1-2-6-13/h3-4,7,16-17H,1-2,5-6,8-9H2. The number of rotatable bonds is 4. The van der Waals surface area contributed by atoms with Gasteiger partial charge in [-0.1, -0.05) is 34.8 Å². The zero-order valence-electron chi connectivity index (χ0n) is 9.68. The van der Waals surface area contributed by atoms with Crippen LogP contribution in [0, 0.1) is 5.82 Å². The molecule has 2 nitrogen and oxygen atoms in total. The van der Waals surface area contributed by atoms with E-state index in [9.17, 15) is 9.50 Å². The van der Waals surface area contributed by atoms with E-state index in [1.54, 1.807) is 6.07 Å². The summed E-state index contributed by atoms with van der Waals surface area (Å²) in [5, 5.41) is 12.9. The normalized spacial score (nSPS) is 18.5. The largest absolute Gasteiger partial charge is 0.394 e. The number of nitrogens with one attached hydrogen (secondary N) is 1. The van der Waals surface area contributed by atoms with E-state index >= 15 is 0 Å². The van der Waals surface area contributed by atoms with Crippen molar-refractivity contribution in [2.24, 2.45) is 0 Å². The number of hydrogen-bond acceptors (Lipinski definition) is 2. The Labute approximate surface area is 109 Å². The molecule has 0 aliphatic heterocycles. The van der Waals surface area contributed by atoms with Crippen molar-refractivity contribution in [3.8, 4) is 0 Å². The summed E-state index contributed by atoms with van der Waals surface area (Å²) in [7, 11) is 0. The first kappa shape index (κ1) is 13.0. The van der Waals surface area contributed by atoms with Crippen molar-refractivity contribution >= 4 is 15.9 Å². The second-order valence-electron chi connectivity index (χ2n) is 4.73. The van der Waals surface area contributed by atoms with Gasteiger partial charge in [-0.2, -0.15) is 0 Å². The van der Waals surface area contributed by atoms with Crippen LogP contribution in [0.15, 0.2) is 22.7 Å². The summed E-state index contributed by atoms with van der Waals surface area (Å²) in [6.45, 7) is 0.827. The Morgan fingerprint density at radius 3 is 2.65 bits per heavy atom. The highest BCUT2D eigenvalue weighted by Crippen LogP contribution is 2.30. The minimum absolute atomic E-state index is 0.131. The van der Waals surface area contributed by atoms with Crippen LogP contribution in [0.3, 0.4) is 0 Å². The maximum Gasteiger partial charge on any atom is 0.124 e. The Morgan fingerprint density at radius 1 is 1.35 bits per heavy atom. The van der Waals surface area contributed by atoms with Gasteiger partial charge in [0.25, 0.3) is 0 Å². The van der Waals surface area contributed by atoms with Crippen LogP contribution < -0.4 is 5.32 Å². The molecule has 0 aromatic heterocycles. The van der Waals surface area contributed by atoms with Gasteiger partial charge in [-0.15, -0.1) is 0 Å². The number of aliphatic hydroxyl groups is 1. The number of aliphatic hydroxyl groups excluding tert-OH is 1. The zero-order valence-corrected chi connectivity index (χ0v) is 11.3. The quantitative estimate of drug-likeness (QED) is 0.896. The van der Waals surface area contributed by atoms with Gasteiger partial charge in [-0.3, -0.25) is 0 Å². The lowest BCUT2D eigenvalue weighted by Gasteiger charge is -2.28. The van der Waals surface area contributed by atoms with Gasteiger partial charge in [0.05, 0.1) is 6.61 Å². The second-order valence-corrected chi connectivity index (χ2v) is 5.59. The predicted octanol–water partition coefficient (Wildman–Crippen LogP) is 2.98. The fourth-order valence-corrected chi connectivity index (χ4v) is 2.88. The molecule has 17 heavy (non-hydrogen) atoms. The molecule has 1 aromatic rings. The summed E-state index contributed by atoms with van der Waals surface area (Å²) in [5.41, 5.74) is 0.888. The molecule has 2 rings (SSSR count). The molecule has 4 heteroatoms. The molecular formula is C13H17BrFNO. The average Bonchev–Trinajstić information content (AvgIpc) is 2.77. The third-order valence-corrected chi connectivity index (χ3v) is 4.27. The highest BCUT2D eigenvalue weighted by Gasteiger charge is 2.32. The first-order valence-corrected chi connectivity index (χ1v) is 6.74. The third kappa shape index (κ3) is 3.06. The molecule has 0 unspecified atom stereocenters. The molecule has 0 amide bonds. The van der Waals surface area contributed by atoms with Gasteiger partial charge < -0.3 is 10.4 Å². The Hall–Kier alpha value is -0.450. The first-order chi connectivity index (χ1) is 8.15. The van der Waals surface area contributed by atoms with Crippen LogP contribution in [0.4, 0.5) is 4.39 Å². The maximum absolute atomic E-state index is 12.9. The van der Waals surface area contributed by atoms with Crippen molar-refractivity contribution in [1.29, 1.82) is 0 Å². The van der Waals surface area contributed by atoms with Crippen molar-refractivity contribution in [2.75, 3.05) is 6.61 Å². The van der Waals surface area contributed by atoms with E-state index in [0.29, 0.717) is 6.54 Å². The molecule has 0 spiro atoms. The Morgan fingerprint density at radius 2 is 2.06 bits per heavy atom. The van der Waals surface area contributed by atoms with Gasteiger partial charge in [0.2, 0.25) is 0 Å². The molecule has 1 aliphatic rings. The van der Waals surface area contributed by atoms with Crippen LogP contribution in [-0.2, 0) is 6.54 Å². The van der Waals surface area contributed by atoms with E-state index in [1.807, 2.05) is 0 Å². The lowest BCUT2D eigenvalue weighted by atomic mass is 9.98. The van der Waals surface area contributed by atoms with Crippen molar-refractivity contribution in [3.63, 3.8) is 0 Å². The lowest BCUT2D eigenvalue weighted by molar-refractivity contribution is 0.163. The molecule has 1 saturated carbocycles. The summed E-state index contributed by atoms with van der Waals surface area (Å²) in [4.78, 5) is 0. The van der Waals surface area contributed by atoms with Gasteiger partial charge in [0.15, 0.2) is 0 Å². The molecular weight excluding hydrogens is 285 g/mol. The van der Waals surface area contributed by atoms with Crippen LogP contribution in [0.25, 0.3) is 0 Å². The monoisotopic (exact) mass is 301 g/mol. The van der Waals surface area contributed by atoms with E-state index < -0.39 is 0 Å². The number of hydrogen-bond donors (Lipinski definition) is 2. The lowest BCUT2D eigenvalue weighted by Crippen LogP contribution is -2.45. The minimum Gasteiger partial charge on any atom is -0.394 e. The average molecular weight is 302 g/mol. The Bertz CT molecular complexity index is 391. The molecule has 0 radical (unpaired) electrons. The fourth-order valence-electron chi connectivity index (χ4n) is 2.39. The molecule has 0 atom stereocenters. The maximum atomic E-state index is 12.9. The van der Waals surface area contributed by atoms with E-state index in [0.717, 1.165) is 35.7 Å². The van der Waals surface area contributed by atoms with Crippen LogP contribution in [0.5, 0.6) is 0 Å². The van der Waals surface area contributed by atoms with E-state index in [-0.39, 0.29) is 18.0 Å². The summed E-state index contributed by atoms with van der Waals surface area (Å²) >= 11 is 3.35. The van der Waals surface area contributed by atoms with Crippen molar-refractivity contribution in [1.82, 2.24) is 5.32 Å². The van der Waals surface area contributed by atoms with Gasteiger partial charge >= 0.3 is 0 Å². The topological polar surface area (TPSA) is 32.3 Å². The molecule has 2 N–H and O–H groups in total. The highest BCUT2D eigenvalue weighted by molar-refractivity contribution is 9.10. The van der Waals surface area contributed by atoms with Gasteiger partial charge in [0.1, 0.15) is 5.82 Å². The summed E-state index contributed by atoms with van der Waals surface area (Å²) in [5.74, 6) is -0.238. The predicted molar refractivity (Wildman–Crippen MR) is 69.2 cm³/mol. The zero-order chi connectivity index (χ0) is 12.3. The van der Waals surface area contributed by atoms with Gasteiger partial charge in [0, 0.05) is 16.6 Å². The fraction of sp³-hybridized carbons (Fsp3) is 0.538. The third-order valence-electron chi connectivity index (χ3n) is 3.53. The SMILES string of the molecule is OCC1(NCc2ccc(F)cc2Br)CCCC1. The van der Waals surface area contributed by atoms with Gasteiger partial charge in [-0.25, -0.2) is 4.39 Å². The van der Waals surface area contributed by atoms with Crippen molar-refractivity contribution < 1.29 is 9.50 Å². The van der Waals surface area contributed by atoms with Crippen LogP contribution >= 0.6 is 15.9 Å². The first-order valence-electron chi connectivity index (χ1n) is 5.95. The molecule has 94 valence electrons. The Kier molecular flexibility index (Phi) is 4.17. The summed E-state index contributed by atoms with van der Waals surface area (Å²) in [6, 6.07) is 4.70. The molecule has 1 aliphatic carbocycles. The van der Waals surface area contributed by atoms with Crippen LogP contribution in [-0.4, -0.2) is 17.3 Å². The smallest absolute Gasteiger partial charge is 0.124 e. The molecule has 1 aromatic carbocycles.